The molecule has 0 amide bonds. The van der Waals surface area contributed by atoms with Crippen molar-refractivity contribution in [2.24, 2.45) is 5.73 Å². The number of hydrogen-bond donors (Lipinski definition) is 2. The van der Waals surface area contributed by atoms with Crippen molar-refractivity contribution in [1.82, 2.24) is 4.98 Å². The first-order valence-corrected chi connectivity index (χ1v) is 8.27. The number of rotatable bonds is 6. The molecule has 0 bridgehead atoms. The largest absolute Gasteiger partial charge is 0.330 e. The Kier molecular flexibility index (Phi) is 4.01. The molecule has 0 saturated carbocycles. The molecule has 17 heavy (non-hydrogen) atoms. The van der Waals surface area contributed by atoms with Gasteiger partial charge in [0.1, 0.15) is 0 Å². The van der Waals surface area contributed by atoms with Crippen molar-refractivity contribution in [1.29, 1.82) is 0 Å². The zero-order valence-corrected chi connectivity index (χ0v) is 11.2. The summed E-state index contributed by atoms with van der Waals surface area (Å²) in [6.45, 7) is 0.529. The Labute approximate surface area is 105 Å². The number of nitrogens with two attached hydrogens (primary N) is 1. The summed E-state index contributed by atoms with van der Waals surface area (Å²) in [4.78, 5) is 5.53. The summed E-state index contributed by atoms with van der Waals surface area (Å²) in [6, 6.07) is 0. The fourth-order valence-electron chi connectivity index (χ4n) is 1.85. The van der Waals surface area contributed by atoms with Crippen molar-refractivity contribution in [2.45, 2.75) is 32.1 Å². The van der Waals surface area contributed by atoms with Crippen molar-refractivity contribution in [3.63, 3.8) is 0 Å². The lowest BCUT2D eigenvalue weighted by Gasteiger charge is -2.04. The number of fused-ring (bicyclic) bond motifs is 1. The maximum absolute atomic E-state index is 11.7. The van der Waals surface area contributed by atoms with E-state index < -0.39 is 10.0 Å². The van der Waals surface area contributed by atoms with Gasteiger partial charge in [-0.2, -0.15) is 0 Å². The van der Waals surface area contributed by atoms with E-state index in [1.165, 1.54) is 16.2 Å². The van der Waals surface area contributed by atoms with Crippen LogP contribution >= 0.6 is 11.3 Å². The smallest absolute Gasteiger partial charge is 0.234 e. The van der Waals surface area contributed by atoms with Crippen LogP contribution in [0.25, 0.3) is 0 Å². The molecule has 0 spiro atoms. The molecule has 0 unspecified atom stereocenters. The predicted molar refractivity (Wildman–Crippen MR) is 69.8 cm³/mol. The number of nitrogens with one attached hydrogen (secondary N) is 1. The number of nitrogens with zero attached hydrogens (tertiary/aromatic N) is 1. The van der Waals surface area contributed by atoms with Crippen LogP contribution in [-0.2, 0) is 22.9 Å². The average molecular weight is 275 g/mol. The molecule has 1 aromatic heterocycles. The number of anilines is 1. The van der Waals surface area contributed by atoms with E-state index in [0.717, 1.165) is 31.4 Å². The number of unbranched alkanes of at least 4 members (excludes halogenated alkanes) is 1. The van der Waals surface area contributed by atoms with Crippen molar-refractivity contribution in [3.8, 4) is 0 Å². The maximum Gasteiger partial charge on any atom is 0.234 e. The van der Waals surface area contributed by atoms with Crippen molar-refractivity contribution >= 4 is 26.5 Å². The molecule has 5 nitrogen and oxygen atoms in total. The fourth-order valence-corrected chi connectivity index (χ4v) is 4.30. The second kappa shape index (κ2) is 5.32. The van der Waals surface area contributed by atoms with Gasteiger partial charge in [-0.15, -0.1) is 11.3 Å². The molecule has 2 rings (SSSR count). The second-order valence-corrected chi connectivity index (χ2v) is 7.08. The first kappa shape index (κ1) is 12.8. The zero-order chi connectivity index (χ0) is 12.3. The Bertz CT molecular complexity index is 460. The lowest BCUT2D eigenvalue weighted by molar-refractivity contribution is 0.597. The Balaban J connectivity index is 1.95. The molecule has 1 aromatic rings. The van der Waals surface area contributed by atoms with Gasteiger partial charge in [0, 0.05) is 4.88 Å². The molecule has 7 heteroatoms. The Morgan fingerprint density at radius 1 is 1.35 bits per heavy atom. The molecule has 1 aliphatic rings. The first-order chi connectivity index (χ1) is 8.11. The molecule has 0 fully saturated rings. The minimum Gasteiger partial charge on any atom is -0.330 e. The summed E-state index contributed by atoms with van der Waals surface area (Å²) in [5.41, 5.74) is 6.40. The Morgan fingerprint density at radius 3 is 2.88 bits per heavy atom. The summed E-state index contributed by atoms with van der Waals surface area (Å²) in [5.74, 6) is 0.119. The molecular weight excluding hydrogens is 258 g/mol. The van der Waals surface area contributed by atoms with E-state index in [1.807, 2.05) is 0 Å². The molecule has 0 aliphatic heterocycles. The molecule has 1 heterocycles. The van der Waals surface area contributed by atoms with Gasteiger partial charge >= 0.3 is 0 Å². The van der Waals surface area contributed by atoms with E-state index >= 15 is 0 Å². The van der Waals surface area contributed by atoms with E-state index in [-0.39, 0.29) is 5.75 Å². The van der Waals surface area contributed by atoms with Crippen LogP contribution in [0.3, 0.4) is 0 Å². The summed E-state index contributed by atoms with van der Waals surface area (Å²) in [7, 11) is -3.25. The topological polar surface area (TPSA) is 85.1 Å². The van der Waals surface area contributed by atoms with E-state index in [0.29, 0.717) is 18.1 Å². The van der Waals surface area contributed by atoms with Gasteiger partial charge in [0.15, 0.2) is 5.13 Å². The Hall–Kier alpha value is -0.660. The van der Waals surface area contributed by atoms with Crippen LogP contribution in [0.1, 0.15) is 29.8 Å². The normalized spacial score (nSPS) is 14.9. The van der Waals surface area contributed by atoms with Crippen molar-refractivity contribution < 1.29 is 8.42 Å². The molecular formula is C10H17N3O2S2. The Morgan fingerprint density at radius 2 is 2.18 bits per heavy atom. The third-order valence-electron chi connectivity index (χ3n) is 2.71. The van der Waals surface area contributed by atoms with Gasteiger partial charge in [0.25, 0.3) is 0 Å². The third-order valence-corrected chi connectivity index (χ3v) is 5.24. The predicted octanol–water partition coefficient (Wildman–Crippen LogP) is 1.11. The molecule has 0 radical (unpaired) electrons. The van der Waals surface area contributed by atoms with Crippen LogP contribution < -0.4 is 10.5 Å². The highest BCUT2D eigenvalue weighted by Gasteiger charge is 2.19. The maximum atomic E-state index is 11.7. The number of hydrogen-bond acceptors (Lipinski definition) is 5. The van der Waals surface area contributed by atoms with Gasteiger partial charge in [-0.1, -0.05) is 0 Å². The van der Waals surface area contributed by atoms with E-state index in [9.17, 15) is 8.42 Å². The van der Waals surface area contributed by atoms with Gasteiger partial charge in [-0.3, -0.25) is 4.72 Å². The quantitative estimate of drug-likeness (QED) is 0.762. The first-order valence-electron chi connectivity index (χ1n) is 5.80. The van der Waals surface area contributed by atoms with Gasteiger partial charge in [0.05, 0.1) is 11.4 Å². The van der Waals surface area contributed by atoms with E-state index in [4.69, 9.17) is 5.73 Å². The van der Waals surface area contributed by atoms with Crippen LogP contribution in [-0.4, -0.2) is 25.7 Å². The number of aromatic nitrogens is 1. The highest BCUT2D eigenvalue weighted by atomic mass is 32.2. The second-order valence-electron chi connectivity index (χ2n) is 4.16. The molecule has 1 aliphatic carbocycles. The molecule has 0 aromatic carbocycles. The highest BCUT2D eigenvalue weighted by Crippen LogP contribution is 2.30. The van der Waals surface area contributed by atoms with Crippen LogP contribution in [0.5, 0.6) is 0 Å². The number of aryl methyl sites for hydroxylation is 2. The highest BCUT2D eigenvalue weighted by molar-refractivity contribution is 7.92. The van der Waals surface area contributed by atoms with Gasteiger partial charge in [-0.25, -0.2) is 13.4 Å². The molecule has 3 N–H and O–H groups in total. The summed E-state index contributed by atoms with van der Waals surface area (Å²) in [5, 5.41) is 0.516. The van der Waals surface area contributed by atoms with Crippen LogP contribution in [0, 0.1) is 0 Å². The van der Waals surface area contributed by atoms with E-state index in [1.54, 1.807) is 0 Å². The summed E-state index contributed by atoms with van der Waals surface area (Å²) in [6.07, 6.45) is 4.46. The van der Waals surface area contributed by atoms with Crippen molar-refractivity contribution in [3.05, 3.63) is 10.6 Å². The van der Waals surface area contributed by atoms with Gasteiger partial charge < -0.3 is 5.73 Å². The van der Waals surface area contributed by atoms with Gasteiger partial charge in [-0.05, 0) is 38.6 Å². The monoisotopic (exact) mass is 275 g/mol. The standard InChI is InChI=1S/C10H17N3O2S2/c11-6-1-2-7-17(14,15)13-10-12-8-4-3-5-9(8)16-10/h1-7,11H2,(H,12,13). The summed E-state index contributed by atoms with van der Waals surface area (Å²) >= 11 is 1.46. The lowest BCUT2D eigenvalue weighted by Crippen LogP contribution is -2.17. The zero-order valence-electron chi connectivity index (χ0n) is 9.61. The van der Waals surface area contributed by atoms with E-state index in [2.05, 4.69) is 9.71 Å². The minimum atomic E-state index is -3.25. The molecule has 96 valence electrons. The van der Waals surface area contributed by atoms with Crippen molar-refractivity contribution in [2.75, 3.05) is 17.0 Å². The van der Waals surface area contributed by atoms with Crippen LogP contribution in [0.15, 0.2) is 0 Å². The molecule has 0 saturated heterocycles. The molecule has 0 atom stereocenters. The lowest BCUT2D eigenvalue weighted by atomic mass is 10.3. The van der Waals surface area contributed by atoms with Gasteiger partial charge in [0.2, 0.25) is 10.0 Å². The van der Waals surface area contributed by atoms with Crippen LogP contribution in [0.2, 0.25) is 0 Å². The number of thiazole rings is 1. The fraction of sp³-hybridized carbons (Fsp3) is 0.700. The third kappa shape index (κ3) is 3.40. The minimum absolute atomic E-state index is 0.119. The number of sulfonamides is 1. The average Bonchev–Trinajstić information content (AvgIpc) is 2.77. The summed E-state index contributed by atoms with van der Waals surface area (Å²) < 4.78 is 26.0. The SMILES string of the molecule is NCCCCS(=O)(=O)Nc1nc2c(s1)CCC2. The van der Waals surface area contributed by atoms with Crippen LogP contribution in [0.4, 0.5) is 5.13 Å².